The lowest BCUT2D eigenvalue weighted by atomic mass is 10.2. The molecule has 0 aliphatic heterocycles. The molecule has 0 fully saturated rings. The standard InChI is InChI=1S/C11H11FN4O4S/c1-7-5-8(12)3-4-9(7)14-21(19,20)11-10(16(17)18)13-6-15(11)2/h3-6,14H,1-2H3. The lowest BCUT2D eigenvalue weighted by Gasteiger charge is -2.10. The van der Waals surface area contributed by atoms with Crippen molar-refractivity contribution in [3.63, 3.8) is 0 Å². The quantitative estimate of drug-likeness (QED) is 0.681. The van der Waals surface area contributed by atoms with Gasteiger partial charge in [-0.2, -0.15) is 8.42 Å². The fourth-order valence-electron chi connectivity index (χ4n) is 1.78. The van der Waals surface area contributed by atoms with E-state index in [-0.39, 0.29) is 5.69 Å². The molecule has 1 aromatic heterocycles. The first-order valence-electron chi connectivity index (χ1n) is 5.67. The smallest absolute Gasteiger partial charge is 0.358 e. The number of halogens is 1. The van der Waals surface area contributed by atoms with Crippen LogP contribution in [0.3, 0.4) is 0 Å². The van der Waals surface area contributed by atoms with E-state index in [4.69, 9.17) is 0 Å². The van der Waals surface area contributed by atoms with Gasteiger partial charge < -0.3 is 10.1 Å². The van der Waals surface area contributed by atoms with Gasteiger partial charge in [-0.3, -0.25) is 9.29 Å². The number of imidazole rings is 1. The highest BCUT2D eigenvalue weighted by Crippen LogP contribution is 2.25. The highest BCUT2D eigenvalue weighted by molar-refractivity contribution is 7.92. The third kappa shape index (κ3) is 2.84. The zero-order chi connectivity index (χ0) is 15.8. The molecule has 2 rings (SSSR count). The highest BCUT2D eigenvalue weighted by Gasteiger charge is 2.32. The Kier molecular flexibility index (Phi) is 3.64. The molecule has 1 heterocycles. The van der Waals surface area contributed by atoms with E-state index in [1.54, 1.807) is 0 Å². The summed E-state index contributed by atoms with van der Waals surface area (Å²) >= 11 is 0. The maximum atomic E-state index is 13.0. The first kappa shape index (κ1) is 14.9. The summed E-state index contributed by atoms with van der Waals surface area (Å²) < 4.78 is 40.8. The Labute approximate surface area is 119 Å². The molecule has 2 aromatic rings. The second-order valence-corrected chi connectivity index (χ2v) is 5.90. The minimum atomic E-state index is -4.23. The first-order chi connectivity index (χ1) is 9.72. The summed E-state index contributed by atoms with van der Waals surface area (Å²) in [5, 5.41) is 10.3. The lowest BCUT2D eigenvalue weighted by molar-refractivity contribution is -0.392. The van der Waals surface area contributed by atoms with Crippen LogP contribution in [0.1, 0.15) is 5.56 Å². The van der Waals surface area contributed by atoms with Crippen molar-refractivity contribution in [1.82, 2.24) is 9.55 Å². The second kappa shape index (κ2) is 5.13. The van der Waals surface area contributed by atoms with Crippen molar-refractivity contribution in [2.24, 2.45) is 7.05 Å². The molecule has 0 amide bonds. The monoisotopic (exact) mass is 314 g/mol. The summed E-state index contributed by atoms with van der Waals surface area (Å²) in [6.45, 7) is 1.51. The fourth-order valence-corrected chi connectivity index (χ4v) is 3.19. The third-order valence-electron chi connectivity index (χ3n) is 2.73. The maximum absolute atomic E-state index is 13.0. The van der Waals surface area contributed by atoms with Crippen molar-refractivity contribution in [3.05, 3.63) is 46.0 Å². The van der Waals surface area contributed by atoms with Crippen molar-refractivity contribution in [2.75, 3.05) is 4.72 Å². The van der Waals surface area contributed by atoms with Crippen LogP contribution in [0.25, 0.3) is 0 Å². The Hall–Kier alpha value is -2.49. The number of benzene rings is 1. The van der Waals surface area contributed by atoms with Crippen molar-refractivity contribution in [2.45, 2.75) is 11.9 Å². The molecule has 112 valence electrons. The van der Waals surface area contributed by atoms with Crippen LogP contribution in [0.15, 0.2) is 29.6 Å². The molecule has 0 unspecified atom stereocenters. The molecule has 21 heavy (non-hydrogen) atoms. The predicted octanol–water partition coefficient (Wildman–Crippen LogP) is 1.58. The Morgan fingerprint density at radius 3 is 2.67 bits per heavy atom. The lowest BCUT2D eigenvalue weighted by Crippen LogP contribution is -2.18. The third-order valence-corrected chi connectivity index (χ3v) is 4.19. The van der Waals surface area contributed by atoms with Crippen LogP contribution in [-0.2, 0) is 17.1 Å². The topological polar surface area (TPSA) is 107 Å². The van der Waals surface area contributed by atoms with E-state index >= 15 is 0 Å². The van der Waals surface area contributed by atoms with Crippen LogP contribution in [0.4, 0.5) is 15.9 Å². The summed E-state index contributed by atoms with van der Waals surface area (Å²) in [7, 11) is -2.90. The fraction of sp³-hybridized carbons (Fsp3) is 0.182. The molecule has 8 nitrogen and oxygen atoms in total. The number of nitrogens with zero attached hydrogens (tertiary/aromatic N) is 3. The van der Waals surface area contributed by atoms with E-state index in [9.17, 15) is 22.9 Å². The van der Waals surface area contributed by atoms with Crippen molar-refractivity contribution in [1.29, 1.82) is 0 Å². The molecule has 10 heteroatoms. The van der Waals surface area contributed by atoms with Gasteiger partial charge in [-0.1, -0.05) is 0 Å². The number of aromatic nitrogens is 2. The molecular weight excluding hydrogens is 303 g/mol. The van der Waals surface area contributed by atoms with Crippen molar-refractivity contribution < 1.29 is 17.7 Å². The molecule has 0 saturated heterocycles. The Bertz CT molecular complexity index is 816. The summed E-state index contributed by atoms with van der Waals surface area (Å²) in [6, 6.07) is 3.47. The molecule has 0 radical (unpaired) electrons. The maximum Gasteiger partial charge on any atom is 0.403 e. The number of nitro groups is 1. The van der Waals surface area contributed by atoms with E-state index in [1.807, 2.05) is 0 Å². The van der Waals surface area contributed by atoms with Gasteiger partial charge in [-0.05, 0) is 40.6 Å². The number of rotatable bonds is 4. The molecule has 0 saturated carbocycles. The highest BCUT2D eigenvalue weighted by atomic mass is 32.2. The first-order valence-corrected chi connectivity index (χ1v) is 7.15. The average Bonchev–Trinajstić information content (AvgIpc) is 2.76. The number of hydrogen-bond acceptors (Lipinski definition) is 5. The molecule has 1 aromatic carbocycles. The summed E-state index contributed by atoms with van der Waals surface area (Å²) in [4.78, 5) is 13.4. The van der Waals surface area contributed by atoms with Crippen LogP contribution >= 0.6 is 0 Å². The van der Waals surface area contributed by atoms with Crippen LogP contribution in [0.2, 0.25) is 0 Å². The SMILES string of the molecule is Cc1cc(F)ccc1NS(=O)(=O)c1c([N+](=O)[O-])ncn1C. The van der Waals surface area contributed by atoms with E-state index in [2.05, 4.69) is 9.71 Å². The van der Waals surface area contributed by atoms with Crippen LogP contribution in [0.5, 0.6) is 0 Å². The van der Waals surface area contributed by atoms with Gasteiger partial charge in [0.1, 0.15) is 5.82 Å². The van der Waals surface area contributed by atoms with Gasteiger partial charge in [0.05, 0.1) is 5.69 Å². The number of sulfonamides is 1. The molecule has 1 N–H and O–H groups in total. The van der Waals surface area contributed by atoms with E-state index in [0.717, 1.165) is 23.0 Å². The van der Waals surface area contributed by atoms with Gasteiger partial charge in [-0.25, -0.2) is 4.39 Å². The zero-order valence-corrected chi connectivity index (χ0v) is 11.9. The van der Waals surface area contributed by atoms with Gasteiger partial charge in [-0.15, -0.1) is 0 Å². The Balaban J connectivity index is 2.48. The molecule has 0 aliphatic rings. The summed E-state index contributed by atoms with van der Waals surface area (Å²) in [5.41, 5.74) is 0.482. The Morgan fingerprint density at radius 2 is 2.10 bits per heavy atom. The van der Waals surface area contributed by atoms with E-state index in [0.29, 0.717) is 5.56 Å². The number of anilines is 1. The zero-order valence-electron chi connectivity index (χ0n) is 11.1. The van der Waals surface area contributed by atoms with Gasteiger partial charge in [0, 0.05) is 7.05 Å². The number of nitrogens with one attached hydrogen (secondary N) is 1. The van der Waals surface area contributed by atoms with Gasteiger partial charge in [0.2, 0.25) is 6.33 Å². The second-order valence-electron chi connectivity index (χ2n) is 4.31. The van der Waals surface area contributed by atoms with Gasteiger partial charge in [0.15, 0.2) is 0 Å². The molecule has 0 atom stereocenters. The minimum Gasteiger partial charge on any atom is -0.358 e. The van der Waals surface area contributed by atoms with E-state index in [1.165, 1.54) is 20.0 Å². The van der Waals surface area contributed by atoms with Gasteiger partial charge in [0.25, 0.3) is 15.0 Å². The molecule has 0 aliphatic carbocycles. The summed E-state index contributed by atoms with van der Waals surface area (Å²) in [5.74, 6) is -1.29. The average molecular weight is 314 g/mol. The van der Waals surface area contributed by atoms with Crippen molar-refractivity contribution in [3.8, 4) is 0 Å². The number of hydrogen-bond donors (Lipinski definition) is 1. The molecule has 0 spiro atoms. The molecule has 0 bridgehead atoms. The number of aryl methyl sites for hydroxylation is 2. The summed E-state index contributed by atoms with van der Waals surface area (Å²) in [6.07, 6.45) is 1.03. The normalized spacial score (nSPS) is 11.4. The van der Waals surface area contributed by atoms with Gasteiger partial charge >= 0.3 is 5.82 Å². The molecular formula is C11H11FN4O4S. The predicted molar refractivity (Wildman–Crippen MR) is 71.8 cm³/mol. The minimum absolute atomic E-state index is 0.131. The largest absolute Gasteiger partial charge is 0.403 e. The van der Waals surface area contributed by atoms with Crippen LogP contribution in [-0.4, -0.2) is 22.9 Å². The Morgan fingerprint density at radius 1 is 1.43 bits per heavy atom. The van der Waals surface area contributed by atoms with Crippen LogP contribution < -0.4 is 4.72 Å². The van der Waals surface area contributed by atoms with Crippen LogP contribution in [0, 0.1) is 22.9 Å². The van der Waals surface area contributed by atoms with Crippen molar-refractivity contribution >= 4 is 21.5 Å². The van der Waals surface area contributed by atoms with E-state index < -0.39 is 31.6 Å².